The molecule has 2 heterocycles. The molecule has 76 heavy (non-hydrogen) atoms. The van der Waals surface area contributed by atoms with E-state index in [4.69, 9.17) is 0 Å². The molecule has 12 aromatic carbocycles. The summed E-state index contributed by atoms with van der Waals surface area (Å²) < 4.78 is 5.07. The van der Waals surface area contributed by atoms with Crippen LogP contribution in [0.5, 0.6) is 0 Å². The molecule has 3 heteroatoms. The Balaban J connectivity index is 0.883. The van der Waals surface area contributed by atoms with Crippen LogP contribution in [0.2, 0.25) is 0 Å². The first-order chi connectivity index (χ1) is 37.7. The van der Waals surface area contributed by atoms with Gasteiger partial charge < -0.3 is 9.47 Å². The normalized spacial score (nSPS) is 12.6. The lowest BCUT2D eigenvalue weighted by Crippen LogP contribution is -2.28. The first kappa shape index (κ1) is 44.0. The molecule has 2 aromatic heterocycles. The molecule has 2 nitrogen and oxygen atoms in total. The molecule has 15 rings (SSSR count). The van der Waals surface area contributed by atoms with Gasteiger partial charge in [-0.15, -0.1) is 11.3 Å². The van der Waals surface area contributed by atoms with Gasteiger partial charge in [-0.3, -0.25) is 0 Å². The van der Waals surface area contributed by atoms with E-state index in [0.29, 0.717) is 0 Å². The molecule has 0 N–H and O–H groups in total. The number of anilines is 3. The summed E-state index contributed by atoms with van der Waals surface area (Å²) in [6.07, 6.45) is 0. The molecule has 0 fully saturated rings. The van der Waals surface area contributed by atoms with Gasteiger partial charge in [-0.2, -0.15) is 0 Å². The minimum absolute atomic E-state index is 0.534. The topological polar surface area (TPSA) is 8.17 Å². The number of thiophene rings is 1. The monoisotopic (exact) mass is 984 g/mol. The van der Waals surface area contributed by atoms with Crippen LogP contribution in [-0.2, 0) is 5.41 Å². The highest BCUT2D eigenvalue weighted by molar-refractivity contribution is 7.25. The van der Waals surface area contributed by atoms with E-state index < -0.39 is 5.41 Å². The van der Waals surface area contributed by atoms with Crippen molar-refractivity contribution in [3.8, 4) is 50.2 Å². The van der Waals surface area contributed by atoms with Crippen molar-refractivity contribution in [2.75, 3.05) is 4.90 Å². The van der Waals surface area contributed by atoms with Gasteiger partial charge in [0.1, 0.15) is 0 Å². The van der Waals surface area contributed by atoms with E-state index in [0.717, 1.165) is 22.6 Å². The fourth-order valence-electron chi connectivity index (χ4n) is 12.5. The van der Waals surface area contributed by atoms with Crippen LogP contribution in [0.15, 0.2) is 291 Å². The van der Waals surface area contributed by atoms with Crippen molar-refractivity contribution in [2.45, 2.75) is 5.41 Å². The first-order valence-electron chi connectivity index (χ1n) is 26.1. The van der Waals surface area contributed by atoms with Crippen LogP contribution < -0.4 is 4.90 Å². The fraction of sp³-hybridized carbons (Fsp3) is 0.0137. The van der Waals surface area contributed by atoms with Gasteiger partial charge in [-0.25, -0.2) is 0 Å². The molecule has 0 unspecified atom stereocenters. The SMILES string of the molecule is c1ccc(-c2ccc(N(c3cccc(-c4ccccc4-c4ccc5c(c4)c4ccccc4n5-c4ccc5sc6ccccc6c5c4)c3)c3ccc4c(c3)C(c3ccccc3)(c3ccccc3)c3ccccc3-4)cc2)cc1. The summed E-state index contributed by atoms with van der Waals surface area (Å²) in [4.78, 5) is 2.45. The Hall–Kier alpha value is -9.54. The van der Waals surface area contributed by atoms with Crippen LogP contribution in [0.1, 0.15) is 22.3 Å². The highest BCUT2D eigenvalue weighted by atomic mass is 32.1. The number of para-hydroxylation sites is 1. The average Bonchev–Trinajstić information content (AvgIpc) is 4.30. The summed E-state index contributed by atoms with van der Waals surface area (Å²) in [6.45, 7) is 0. The molecule has 0 radical (unpaired) electrons. The summed E-state index contributed by atoms with van der Waals surface area (Å²) in [5.41, 5.74) is 20.9. The number of hydrogen-bond acceptors (Lipinski definition) is 2. The lowest BCUT2D eigenvalue weighted by atomic mass is 9.67. The molecular weight excluding hydrogens is 937 g/mol. The second-order valence-corrected chi connectivity index (χ2v) is 21.0. The van der Waals surface area contributed by atoms with E-state index in [-0.39, 0.29) is 0 Å². The Morgan fingerprint density at radius 3 is 1.59 bits per heavy atom. The molecule has 0 bridgehead atoms. The second-order valence-electron chi connectivity index (χ2n) is 20.0. The predicted molar refractivity (Wildman–Crippen MR) is 322 cm³/mol. The molecule has 1 aliphatic carbocycles. The summed E-state index contributed by atoms with van der Waals surface area (Å²) in [5, 5.41) is 5.08. The van der Waals surface area contributed by atoms with Crippen LogP contribution in [-0.4, -0.2) is 4.57 Å². The minimum Gasteiger partial charge on any atom is -0.310 e. The van der Waals surface area contributed by atoms with Gasteiger partial charge in [0.05, 0.1) is 16.4 Å². The second kappa shape index (κ2) is 17.8. The van der Waals surface area contributed by atoms with Crippen molar-refractivity contribution in [2.24, 2.45) is 0 Å². The molecule has 14 aromatic rings. The first-order valence-corrected chi connectivity index (χ1v) is 27.0. The van der Waals surface area contributed by atoms with Gasteiger partial charge in [-0.1, -0.05) is 212 Å². The van der Waals surface area contributed by atoms with Crippen molar-refractivity contribution >= 4 is 70.4 Å². The molecule has 0 saturated heterocycles. The summed E-state index contributed by atoms with van der Waals surface area (Å²) >= 11 is 1.86. The molecule has 0 saturated carbocycles. The van der Waals surface area contributed by atoms with E-state index in [1.165, 1.54) is 109 Å². The zero-order valence-corrected chi connectivity index (χ0v) is 42.3. The molecule has 0 amide bonds. The Morgan fingerprint density at radius 2 is 0.829 bits per heavy atom. The van der Waals surface area contributed by atoms with Crippen molar-refractivity contribution in [3.63, 3.8) is 0 Å². The lowest BCUT2D eigenvalue weighted by molar-refractivity contribution is 0.768. The minimum atomic E-state index is -0.534. The van der Waals surface area contributed by atoms with Gasteiger partial charge in [-0.05, 0) is 146 Å². The number of hydrogen-bond donors (Lipinski definition) is 0. The van der Waals surface area contributed by atoms with Gasteiger partial charge in [0.15, 0.2) is 0 Å². The van der Waals surface area contributed by atoms with Crippen LogP contribution in [0.25, 0.3) is 92.2 Å². The quantitative estimate of drug-likeness (QED) is 0.140. The molecule has 1 aliphatic rings. The van der Waals surface area contributed by atoms with E-state index >= 15 is 0 Å². The van der Waals surface area contributed by atoms with E-state index in [1.54, 1.807) is 0 Å². The van der Waals surface area contributed by atoms with E-state index in [9.17, 15) is 0 Å². The van der Waals surface area contributed by atoms with Gasteiger partial charge in [0.25, 0.3) is 0 Å². The van der Waals surface area contributed by atoms with Crippen molar-refractivity contribution in [3.05, 3.63) is 313 Å². The number of fused-ring (bicyclic) bond motifs is 9. The van der Waals surface area contributed by atoms with E-state index in [1.807, 2.05) is 11.3 Å². The molecule has 0 atom stereocenters. The van der Waals surface area contributed by atoms with Crippen LogP contribution in [0.3, 0.4) is 0 Å². The predicted octanol–water partition coefficient (Wildman–Crippen LogP) is 20.0. The summed E-state index contributed by atoms with van der Waals surface area (Å²) in [7, 11) is 0. The smallest absolute Gasteiger partial charge is 0.0714 e. The number of nitrogens with zero attached hydrogens (tertiary/aromatic N) is 2. The highest BCUT2D eigenvalue weighted by Crippen LogP contribution is 2.57. The Morgan fingerprint density at radius 1 is 0.289 bits per heavy atom. The molecule has 0 spiro atoms. The summed E-state index contributed by atoms with van der Waals surface area (Å²) in [6, 6.07) is 108. The molecule has 356 valence electrons. The maximum atomic E-state index is 2.47. The Labute approximate surface area is 446 Å². The van der Waals surface area contributed by atoms with Crippen LogP contribution in [0, 0.1) is 0 Å². The zero-order valence-electron chi connectivity index (χ0n) is 41.5. The third-order valence-electron chi connectivity index (χ3n) is 15.9. The number of benzene rings is 12. The third-order valence-corrected chi connectivity index (χ3v) is 17.0. The van der Waals surface area contributed by atoms with Gasteiger partial charge in [0, 0.05) is 53.7 Å². The zero-order chi connectivity index (χ0) is 50.2. The maximum absolute atomic E-state index is 2.47. The van der Waals surface area contributed by atoms with Crippen molar-refractivity contribution in [1.82, 2.24) is 4.57 Å². The Bertz CT molecular complexity index is 4470. The standard InChI is InChI=1S/C73H48N2S/c1-4-19-49(20-5-1)50-35-38-55(39-36-50)74(58-40-42-62-61-29-12-15-32-67(61)73(68(62)48-58,53-22-6-2-7-23-53)54-24-8-3-9-25-54)56-26-18-21-51(45-56)59-27-10-11-28-60(59)52-37-43-70-65(46-52)63-30-13-16-33-69(63)75(70)57-41-44-72-66(47-57)64-31-14-17-34-71(64)76-72/h1-48H. The van der Waals surface area contributed by atoms with Crippen LogP contribution >= 0.6 is 11.3 Å². The highest BCUT2D eigenvalue weighted by Gasteiger charge is 2.46. The van der Waals surface area contributed by atoms with Gasteiger partial charge >= 0.3 is 0 Å². The maximum Gasteiger partial charge on any atom is 0.0714 e. The van der Waals surface area contributed by atoms with Gasteiger partial charge in [0.2, 0.25) is 0 Å². The van der Waals surface area contributed by atoms with Crippen molar-refractivity contribution < 1.29 is 0 Å². The largest absolute Gasteiger partial charge is 0.310 e. The van der Waals surface area contributed by atoms with Crippen LogP contribution in [0.4, 0.5) is 17.1 Å². The molecule has 0 aliphatic heterocycles. The third kappa shape index (κ3) is 6.94. The fourth-order valence-corrected chi connectivity index (χ4v) is 13.6. The van der Waals surface area contributed by atoms with Crippen molar-refractivity contribution in [1.29, 1.82) is 0 Å². The lowest BCUT2D eigenvalue weighted by Gasteiger charge is -2.35. The Kier molecular flexibility index (Phi) is 10.3. The summed E-state index contributed by atoms with van der Waals surface area (Å²) in [5.74, 6) is 0. The average molecular weight is 985 g/mol. The number of aromatic nitrogens is 1. The van der Waals surface area contributed by atoms with E-state index in [2.05, 4.69) is 301 Å². The number of rotatable bonds is 9. The molecular formula is C73H48N2S.